The van der Waals surface area contributed by atoms with Crippen LogP contribution < -0.4 is 5.32 Å². The predicted octanol–water partition coefficient (Wildman–Crippen LogP) is 2.62. The quantitative estimate of drug-likeness (QED) is 0.616. The molecule has 0 radical (unpaired) electrons. The lowest BCUT2D eigenvalue weighted by atomic mass is 9.83. The second kappa shape index (κ2) is 8.09. The molecule has 0 saturated carbocycles. The van der Waals surface area contributed by atoms with Gasteiger partial charge in [0.05, 0.1) is 5.75 Å². The van der Waals surface area contributed by atoms with Crippen molar-refractivity contribution in [3.8, 4) is 0 Å². The molecule has 1 unspecified atom stereocenters. The molecule has 0 aromatic rings. The third kappa shape index (κ3) is 7.77. The van der Waals surface area contributed by atoms with Crippen LogP contribution >= 0.6 is 0 Å². The molecule has 0 aliphatic heterocycles. The first-order chi connectivity index (χ1) is 7.89. The van der Waals surface area contributed by atoms with E-state index < -0.39 is 9.84 Å². The number of sulfone groups is 1. The summed E-state index contributed by atoms with van der Waals surface area (Å²) in [4.78, 5) is 0. The maximum absolute atomic E-state index is 11.6. The Morgan fingerprint density at radius 2 is 1.71 bits per heavy atom. The molecule has 17 heavy (non-hydrogen) atoms. The van der Waals surface area contributed by atoms with Crippen LogP contribution in [-0.2, 0) is 9.84 Å². The predicted molar refractivity (Wildman–Crippen MR) is 75.1 cm³/mol. The minimum Gasteiger partial charge on any atom is -0.316 e. The van der Waals surface area contributed by atoms with Gasteiger partial charge in [-0.1, -0.05) is 34.1 Å². The first kappa shape index (κ1) is 16.9. The van der Waals surface area contributed by atoms with E-state index in [0.717, 1.165) is 38.8 Å². The van der Waals surface area contributed by atoms with E-state index in [1.807, 2.05) is 0 Å². The molecule has 1 N–H and O–H groups in total. The molecule has 0 fully saturated rings. The summed E-state index contributed by atoms with van der Waals surface area (Å²) in [6.45, 7) is 10.2. The van der Waals surface area contributed by atoms with Crippen LogP contribution in [0.15, 0.2) is 0 Å². The molecule has 3 nitrogen and oxygen atoms in total. The van der Waals surface area contributed by atoms with Gasteiger partial charge in [-0.05, 0) is 31.2 Å². The largest absolute Gasteiger partial charge is 0.316 e. The highest BCUT2D eigenvalue weighted by molar-refractivity contribution is 7.91. The van der Waals surface area contributed by atoms with E-state index in [4.69, 9.17) is 0 Å². The van der Waals surface area contributed by atoms with Gasteiger partial charge in [0.1, 0.15) is 9.84 Å². The fourth-order valence-electron chi connectivity index (χ4n) is 2.02. The molecule has 104 valence electrons. The molecule has 0 spiro atoms. The maximum atomic E-state index is 11.6. The number of nitrogens with one attached hydrogen (secondary N) is 1. The van der Waals surface area contributed by atoms with E-state index in [1.165, 1.54) is 0 Å². The molecule has 0 bridgehead atoms. The molecular formula is C13H29NO2S. The molecule has 0 amide bonds. The zero-order chi connectivity index (χ0) is 13.4. The van der Waals surface area contributed by atoms with Crippen molar-refractivity contribution in [3.05, 3.63) is 0 Å². The summed E-state index contributed by atoms with van der Waals surface area (Å²) < 4.78 is 23.1. The molecule has 0 aromatic carbocycles. The van der Waals surface area contributed by atoms with Crippen LogP contribution in [0.5, 0.6) is 0 Å². The van der Waals surface area contributed by atoms with E-state index in [-0.39, 0.29) is 11.2 Å². The van der Waals surface area contributed by atoms with Crippen molar-refractivity contribution in [2.45, 2.75) is 53.4 Å². The van der Waals surface area contributed by atoms with Crippen LogP contribution in [-0.4, -0.2) is 33.0 Å². The summed E-state index contributed by atoms with van der Waals surface area (Å²) in [6, 6.07) is 0. The monoisotopic (exact) mass is 263 g/mol. The van der Waals surface area contributed by atoms with Gasteiger partial charge < -0.3 is 5.32 Å². The lowest BCUT2D eigenvalue weighted by Gasteiger charge is -2.29. The fourth-order valence-corrected chi connectivity index (χ4v) is 3.11. The van der Waals surface area contributed by atoms with Crippen molar-refractivity contribution >= 4 is 9.84 Å². The van der Waals surface area contributed by atoms with E-state index >= 15 is 0 Å². The van der Waals surface area contributed by atoms with Crippen molar-refractivity contribution in [2.75, 3.05) is 24.6 Å². The second-order valence-corrected chi connectivity index (χ2v) is 7.70. The Morgan fingerprint density at radius 1 is 1.06 bits per heavy atom. The Kier molecular flexibility index (Phi) is 8.05. The standard InChI is InChI=1S/C13H29NO2S/c1-5-8-13(4,12-14-10-6-2)9-11-17(15,16)7-3/h14H,5-12H2,1-4H3. The van der Waals surface area contributed by atoms with Crippen molar-refractivity contribution < 1.29 is 8.42 Å². The minimum absolute atomic E-state index is 0.117. The summed E-state index contributed by atoms with van der Waals surface area (Å²) in [5.41, 5.74) is 0.117. The van der Waals surface area contributed by atoms with Crippen LogP contribution in [0.25, 0.3) is 0 Å². The van der Waals surface area contributed by atoms with Gasteiger partial charge in [-0.3, -0.25) is 0 Å². The van der Waals surface area contributed by atoms with Crippen molar-refractivity contribution in [3.63, 3.8) is 0 Å². The molecule has 1 atom stereocenters. The molecule has 0 heterocycles. The zero-order valence-corrected chi connectivity index (χ0v) is 12.7. The Morgan fingerprint density at radius 3 is 2.18 bits per heavy atom. The smallest absolute Gasteiger partial charge is 0.150 e. The molecule has 4 heteroatoms. The minimum atomic E-state index is -2.83. The van der Waals surface area contributed by atoms with Crippen molar-refractivity contribution in [2.24, 2.45) is 5.41 Å². The lowest BCUT2D eigenvalue weighted by Crippen LogP contribution is -2.34. The van der Waals surface area contributed by atoms with Gasteiger partial charge in [0.15, 0.2) is 0 Å². The molecule has 0 aliphatic rings. The number of rotatable bonds is 10. The highest BCUT2D eigenvalue weighted by Crippen LogP contribution is 2.27. The molecule has 0 aromatic heterocycles. The van der Waals surface area contributed by atoms with Crippen molar-refractivity contribution in [1.82, 2.24) is 5.32 Å². The summed E-state index contributed by atoms with van der Waals surface area (Å²) in [5.74, 6) is 0.589. The average Bonchev–Trinajstić information content (AvgIpc) is 2.28. The van der Waals surface area contributed by atoms with Crippen LogP contribution in [0.4, 0.5) is 0 Å². The highest BCUT2D eigenvalue weighted by atomic mass is 32.2. The summed E-state index contributed by atoms with van der Waals surface area (Å²) in [7, 11) is -2.83. The van der Waals surface area contributed by atoms with Crippen molar-refractivity contribution in [1.29, 1.82) is 0 Å². The van der Waals surface area contributed by atoms with Crippen LogP contribution in [0.1, 0.15) is 53.4 Å². The van der Waals surface area contributed by atoms with Gasteiger partial charge in [-0.25, -0.2) is 8.42 Å². The van der Waals surface area contributed by atoms with E-state index in [0.29, 0.717) is 5.75 Å². The Hall–Kier alpha value is -0.0900. The zero-order valence-electron chi connectivity index (χ0n) is 11.9. The summed E-state index contributed by atoms with van der Waals surface area (Å²) >= 11 is 0. The Labute approximate surface area is 107 Å². The van der Waals surface area contributed by atoms with Gasteiger partial charge >= 0.3 is 0 Å². The third-order valence-corrected chi connectivity index (χ3v) is 4.99. The van der Waals surface area contributed by atoms with E-state index in [1.54, 1.807) is 6.92 Å². The molecule has 0 aliphatic carbocycles. The van der Waals surface area contributed by atoms with E-state index in [2.05, 4.69) is 26.1 Å². The van der Waals surface area contributed by atoms with Gasteiger partial charge in [-0.2, -0.15) is 0 Å². The highest BCUT2D eigenvalue weighted by Gasteiger charge is 2.25. The lowest BCUT2D eigenvalue weighted by molar-refractivity contribution is 0.268. The SMILES string of the molecule is CCCNCC(C)(CCC)CCS(=O)(=O)CC. The number of hydrogen-bond donors (Lipinski definition) is 1. The van der Waals surface area contributed by atoms with Crippen LogP contribution in [0.2, 0.25) is 0 Å². The molecule has 0 saturated heterocycles. The van der Waals surface area contributed by atoms with Gasteiger partial charge in [0, 0.05) is 12.3 Å². The fraction of sp³-hybridized carbons (Fsp3) is 1.00. The topological polar surface area (TPSA) is 46.2 Å². The van der Waals surface area contributed by atoms with Crippen LogP contribution in [0, 0.1) is 5.41 Å². The normalized spacial score (nSPS) is 15.8. The molecular weight excluding hydrogens is 234 g/mol. The Balaban J connectivity index is 4.29. The number of hydrogen-bond acceptors (Lipinski definition) is 3. The Bertz CT molecular complexity index is 288. The molecule has 0 rings (SSSR count). The third-order valence-electron chi connectivity index (χ3n) is 3.29. The van der Waals surface area contributed by atoms with Gasteiger partial charge in [0.25, 0.3) is 0 Å². The first-order valence-corrected chi connectivity index (χ1v) is 8.62. The summed E-state index contributed by atoms with van der Waals surface area (Å²) in [6.07, 6.45) is 4.09. The van der Waals surface area contributed by atoms with Crippen LogP contribution in [0.3, 0.4) is 0 Å². The second-order valence-electron chi connectivity index (χ2n) is 5.22. The first-order valence-electron chi connectivity index (χ1n) is 6.80. The summed E-state index contributed by atoms with van der Waals surface area (Å²) in [5, 5.41) is 3.42. The van der Waals surface area contributed by atoms with Gasteiger partial charge in [-0.15, -0.1) is 0 Å². The average molecular weight is 263 g/mol. The maximum Gasteiger partial charge on any atom is 0.150 e. The van der Waals surface area contributed by atoms with E-state index in [9.17, 15) is 8.42 Å². The van der Waals surface area contributed by atoms with Gasteiger partial charge in [0.2, 0.25) is 0 Å².